The molecule has 0 fully saturated rings. The average molecular weight is 212 g/mol. The van der Waals surface area contributed by atoms with Gasteiger partial charge in [0.25, 0.3) is 0 Å². The van der Waals surface area contributed by atoms with Crippen LogP contribution in [-0.4, -0.2) is 22.8 Å². The lowest BCUT2D eigenvalue weighted by molar-refractivity contribution is 0.162. The van der Waals surface area contributed by atoms with Gasteiger partial charge in [0, 0.05) is 14.9 Å². The van der Waals surface area contributed by atoms with Crippen LogP contribution in [0, 0.1) is 0 Å². The number of amides is 1. The smallest absolute Gasteiger partial charge is 0.404 e. The minimum Gasteiger partial charge on any atom is -0.465 e. The fourth-order valence-electron chi connectivity index (χ4n) is 1.11. The zero-order chi connectivity index (χ0) is 13.1. The zero-order valence-corrected chi connectivity index (χ0v) is 7.97. The quantitative estimate of drug-likeness (QED) is 0.559. The van der Waals surface area contributed by atoms with E-state index in [-0.39, 0.29) is 6.42 Å². The number of benzene rings is 1. The molecule has 0 aliphatic heterocycles. The first-order valence-electron chi connectivity index (χ1n) is 5.35. The van der Waals surface area contributed by atoms with Gasteiger partial charge in [-0.1, -0.05) is 12.1 Å². The van der Waals surface area contributed by atoms with Crippen LogP contribution in [-0.2, 0) is 0 Å². The Morgan fingerprint density at radius 2 is 2.40 bits per heavy atom. The van der Waals surface area contributed by atoms with Crippen molar-refractivity contribution in [3.05, 3.63) is 29.8 Å². The number of nitrogens with one attached hydrogen (secondary N) is 1. The first kappa shape index (κ1) is 8.55. The van der Waals surface area contributed by atoms with Crippen molar-refractivity contribution < 1.29 is 17.7 Å². The number of hydrogen-bond acceptors (Lipinski definition) is 3. The first-order chi connectivity index (χ1) is 7.80. The summed E-state index contributed by atoms with van der Waals surface area (Å²) >= 11 is 0. The molecular formula is C10H14N2O3. The monoisotopic (exact) mass is 212 g/mol. The van der Waals surface area contributed by atoms with Gasteiger partial charge in [-0.3, -0.25) is 0 Å². The maximum absolute atomic E-state index is 10.3. The highest BCUT2D eigenvalue weighted by atomic mass is 16.4. The third-order valence-electron chi connectivity index (χ3n) is 1.79. The Kier molecular flexibility index (Phi) is 2.97. The molecule has 5 N–H and O–H groups in total. The molecule has 15 heavy (non-hydrogen) atoms. The van der Waals surface area contributed by atoms with Crippen LogP contribution >= 0.6 is 0 Å². The highest BCUT2D eigenvalue weighted by Gasteiger charge is 2.07. The van der Waals surface area contributed by atoms with Crippen molar-refractivity contribution in [3.63, 3.8) is 0 Å². The van der Waals surface area contributed by atoms with E-state index in [0.29, 0.717) is 11.3 Å². The fourth-order valence-corrected chi connectivity index (χ4v) is 1.11. The molecule has 0 saturated carbocycles. The molecule has 0 bridgehead atoms. The molecule has 1 atom stereocenters. The molecule has 0 saturated heterocycles. The summed E-state index contributed by atoms with van der Waals surface area (Å²) in [4.78, 5) is 10.3. The molecule has 1 aromatic carbocycles. The lowest BCUT2D eigenvalue weighted by Crippen LogP contribution is -2.23. The van der Waals surface area contributed by atoms with E-state index in [4.69, 9.17) is 13.6 Å². The largest absolute Gasteiger partial charge is 0.465 e. The number of carbonyl (C=O) groups is 1. The van der Waals surface area contributed by atoms with Gasteiger partial charge >= 0.3 is 6.09 Å². The molecule has 0 spiro atoms. The van der Waals surface area contributed by atoms with Crippen molar-refractivity contribution in [1.82, 2.24) is 5.32 Å². The Bertz CT molecular complexity index is 412. The highest BCUT2D eigenvalue weighted by Crippen LogP contribution is 2.17. The molecule has 1 rings (SSSR count). The Balaban J connectivity index is 2.71. The molecule has 5 heteroatoms. The molecular weight excluding hydrogens is 196 g/mol. The van der Waals surface area contributed by atoms with E-state index in [1.165, 1.54) is 6.07 Å². The van der Waals surface area contributed by atoms with Crippen molar-refractivity contribution in [2.24, 2.45) is 0 Å². The summed E-state index contributed by atoms with van der Waals surface area (Å²) in [6.45, 7) is -2.20. The number of carboxylic acid groups (broad SMARTS) is 1. The van der Waals surface area contributed by atoms with Crippen LogP contribution in [0.5, 0.6) is 0 Å². The van der Waals surface area contributed by atoms with E-state index < -0.39 is 18.7 Å². The van der Waals surface area contributed by atoms with Crippen LogP contribution in [0.25, 0.3) is 0 Å². The van der Waals surface area contributed by atoms with Crippen molar-refractivity contribution >= 4 is 11.8 Å². The molecule has 82 valence electrons. The van der Waals surface area contributed by atoms with Gasteiger partial charge in [-0.05, 0) is 24.1 Å². The summed E-state index contributed by atoms with van der Waals surface area (Å²) in [7, 11) is 0. The third kappa shape index (κ3) is 3.86. The molecule has 0 aromatic heterocycles. The summed E-state index contributed by atoms with van der Waals surface area (Å²) in [6, 6.07) is 6.38. The number of nitrogen functional groups attached to an aromatic ring is 1. The van der Waals surface area contributed by atoms with Crippen molar-refractivity contribution in [3.8, 4) is 0 Å². The van der Waals surface area contributed by atoms with Crippen LogP contribution in [0.2, 0.25) is 0 Å². The predicted octanol–water partition coefficient (Wildman–Crippen LogP) is 0.960. The predicted molar refractivity (Wildman–Crippen MR) is 56.5 cm³/mol. The second-order valence-corrected chi connectivity index (χ2v) is 3.00. The Morgan fingerprint density at radius 3 is 3.00 bits per heavy atom. The number of hydrogen-bond donors (Lipinski definition) is 4. The number of aliphatic hydroxyl groups excluding tert-OH is 1. The Labute approximate surface area is 90.3 Å². The second kappa shape index (κ2) is 5.21. The number of aliphatic hydroxyl groups is 1. The van der Waals surface area contributed by atoms with Gasteiger partial charge in [-0.2, -0.15) is 0 Å². The van der Waals surface area contributed by atoms with E-state index in [1.807, 2.05) is 0 Å². The Hall–Kier alpha value is -1.75. The molecule has 1 amide bonds. The molecule has 1 unspecified atom stereocenters. The lowest BCUT2D eigenvalue weighted by atomic mass is 10.1. The van der Waals surface area contributed by atoms with E-state index in [1.54, 1.807) is 23.5 Å². The maximum Gasteiger partial charge on any atom is 0.404 e. The van der Waals surface area contributed by atoms with Gasteiger partial charge in [0.05, 0.1) is 6.10 Å². The summed E-state index contributed by atoms with van der Waals surface area (Å²) in [5, 5.41) is 19.9. The molecule has 0 radical (unpaired) electrons. The van der Waals surface area contributed by atoms with Crippen LogP contribution in [0.15, 0.2) is 24.3 Å². The minimum atomic E-state index is -2.20. The summed E-state index contributed by atoms with van der Waals surface area (Å²) in [6.07, 6.45) is -2.99. The van der Waals surface area contributed by atoms with E-state index >= 15 is 0 Å². The topological polar surface area (TPSA) is 95.6 Å². The maximum atomic E-state index is 10.3. The number of nitrogens with two attached hydrogens (primary N) is 1. The molecule has 5 nitrogen and oxygen atoms in total. The summed E-state index contributed by atoms with van der Waals surface area (Å²) in [5.74, 6) is 0. The number of rotatable bonds is 4. The van der Waals surface area contributed by atoms with E-state index in [0.717, 1.165) is 0 Å². The molecule has 1 aromatic rings. The van der Waals surface area contributed by atoms with E-state index in [2.05, 4.69) is 0 Å². The first-order valence-corrected chi connectivity index (χ1v) is 4.35. The average Bonchev–Trinajstić information content (AvgIpc) is 2.14. The SMILES string of the molecule is [2H]C([2H])(CC(O)c1cccc(N)c1)NC(=O)O. The van der Waals surface area contributed by atoms with Crippen LogP contribution in [0.3, 0.4) is 0 Å². The molecule has 0 heterocycles. The second-order valence-electron chi connectivity index (χ2n) is 3.00. The van der Waals surface area contributed by atoms with Gasteiger partial charge in [0.15, 0.2) is 0 Å². The van der Waals surface area contributed by atoms with Gasteiger partial charge in [-0.15, -0.1) is 0 Å². The third-order valence-corrected chi connectivity index (χ3v) is 1.79. The van der Waals surface area contributed by atoms with Crippen molar-refractivity contribution in [2.75, 3.05) is 12.2 Å². The summed E-state index contributed by atoms with van der Waals surface area (Å²) < 4.78 is 14.7. The van der Waals surface area contributed by atoms with E-state index in [9.17, 15) is 9.90 Å². The van der Waals surface area contributed by atoms with Crippen molar-refractivity contribution in [2.45, 2.75) is 12.5 Å². The standard InChI is InChI=1S/C10H14N2O3/c11-8-3-1-2-7(6-8)9(13)4-5-12-10(14)15/h1-3,6,9,12-13H,4-5,11H2,(H,14,15)/i5D2. The van der Waals surface area contributed by atoms with Gasteiger partial charge in [-0.25, -0.2) is 4.79 Å². The molecule has 0 aliphatic carbocycles. The Morgan fingerprint density at radius 1 is 1.67 bits per heavy atom. The van der Waals surface area contributed by atoms with Crippen LogP contribution < -0.4 is 11.1 Å². The van der Waals surface area contributed by atoms with Gasteiger partial charge < -0.3 is 21.3 Å². The van der Waals surface area contributed by atoms with Gasteiger partial charge in [0.2, 0.25) is 0 Å². The van der Waals surface area contributed by atoms with Crippen LogP contribution in [0.4, 0.5) is 10.5 Å². The van der Waals surface area contributed by atoms with Crippen LogP contribution in [0.1, 0.15) is 20.8 Å². The normalized spacial score (nSPS) is 15.0. The minimum absolute atomic E-state index is 0.386. The fraction of sp³-hybridized carbons (Fsp3) is 0.300. The molecule has 0 aliphatic rings. The zero-order valence-electron chi connectivity index (χ0n) is 9.97. The van der Waals surface area contributed by atoms with Crippen molar-refractivity contribution in [1.29, 1.82) is 0 Å². The highest BCUT2D eigenvalue weighted by molar-refractivity contribution is 5.64. The summed E-state index contributed by atoms with van der Waals surface area (Å²) in [5.41, 5.74) is 6.42. The number of anilines is 1. The lowest BCUT2D eigenvalue weighted by Gasteiger charge is -2.11. The van der Waals surface area contributed by atoms with Gasteiger partial charge in [0.1, 0.15) is 0 Å².